The quantitative estimate of drug-likeness (QED) is 0.648. The van der Waals surface area contributed by atoms with Crippen LogP contribution in [0.4, 0.5) is 0 Å². The van der Waals surface area contributed by atoms with E-state index in [-0.39, 0.29) is 19.1 Å². The lowest BCUT2D eigenvalue weighted by Gasteiger charge is -2.17. The summed E-state index contributed by atoms with van der Waals surface area (Å²) in [6.07, 6.45) is 0. The molecule has 0 saturated carbocycles. The first-order valence-electron chi connectivity index (χ1n) is 5.06. The van der Waals surface area contributed by atoms with Crippen molar-refractivity contribution in [2.45, 2.75) is 26.8 Å². The van der Waals surface area contributed by atoms with E-state index in [9.17, 15) is 14.4 Å². The molecular formula is C10H18N2O4. The van der Waals surface area contributed by atoms with Gasteiger partial charge in [0.05, 0.1) is 13.2 Å². The Morgan fingerprint density at radius 2 is 1.94 bits per heavy atom. The lowest BCUT2D eigenvalue weighted by atomic mass is 10.3. The van der Waals surface area contributed by atoms with Gasteiger partial charge in [0.2, 0.25) is 11.8 Å². The monoisotopic (exact) mass is 230 g/mol. The van der Waals surface area contributed by atoms with Crippen LogP contribution in [0.5, 0.6) is 0 Å². The average molecular weight is 230 g/mol. The van der Waals surface area contributed by atoms with Gasteiger partial charge in [0.1, 0.15) is 6.04 Å². The predicted octanol–water partition coefficient (Wildman–Crippen LogP) is -0.467. The van der Waals surface area contributed by atoms with Crippen LogP contribution < -0.4 is 5.32 Å². The fourth-order valence-corrected chi connectivity index (χ4v) is 0.940. The molecule has 0 saturated heterocycles. The molecule has 1 N–H and O–H groups in total. The minimum absolute atomic E-state index is 0.0704. The minimum Gasteiger partial charge on any atom is -0.464 e. The topological polar surface area (TPSA) is 75.7 Å². The van der Waals surface area contributed by atoms with Crippen molar-refractivity contribution in [1.29, 1.82) is 0 Å². The highest BCUT2D eigenvalue weighted by Gasteiger charge is 2.17. The van der Waals surface area contributed by atoms with Gasteiger partial charge in [-0.3, -0.25) is 9.59 Å². The van der Waals surface area contributed by atoms with Gasteiger partial charge in [-0.15, -0.1) is 0 Å². The molecule has 0 heterocycles. The zero-order valence-corrected chi connectivity index (χ0v) is 10.1. The summed E-state index contributed by atoms with van der Waals surface area (Å²) >= 11 is 0. The van der Waals surface area contributed by atoms with Crippen molar-refractivity contribution in [3.05, 3.63) is 0 Å². The molecule has 1 atom stereocenters. The van der Waals surface area contributed by atoms with Gasteiger partial charge in [-0.25, -0.2) is 4.79 Å². The van der Waals surface area contributed by atoms with Crippen molar-refractivity contribution in [1.82, 2.24) is 10.2 Å². The molecule has 0 aromatic rings. The van der Waals surface area contributed by atoms with Crippen LogP contribution in [0, 0.1) is 0 Å². The molecule has 0 unspecified atom stereocenters. The normalized spacial score (nSPS) is 11.5. The molecule has 2 amide bonds. The Hall–Kier alpha value is -1.59. The first kappa shape index (κ1) is 14.4. The molecule has 0 aliphatic carbocycles. The van der Waals surface area contributed by atoms with Crippen LogP contribution in [0.25, 0.3) is 0 Å². The lowest BCUT2D eigenvalue weighted by molar-refractivity contribution is -0.147. The van der Waals surface area contributed by atoms with E-state index in [2.05, 4.69) is 5.32 Å². The third-order valence-electron chi connectivity index (χ3n) is 1.94. The van der Waals surface area contributed by atoms with Crippen LogP contribution in [0.1, 0.15) is 20.8 Å². The smallest absolute Gasteiger partial charge is 0.328 e. The van der Waals surface area contributed by atoms with Crippen LogP contribution in [0.15, 0.2) is 0 Å². The Kier molecular flexibility index (Phi) is 6.14. The van der Waals surface area contributed by atoms with Crippen molar-refractivity contribution in [3.8, 4) is 0 Å². The molecule has 0 aromatic carbocycles. The maximum atomic E-state index is 11.4. The lowest BCUT2D eigenvalue weighted by Crippen LogP contribution is -2.44. The van der Waals surface area contributed by atoms with Gasteiger partial charge in [-0.2, -0.15) is 0 Å². The van der Waals surface area contributed by atoms with Crippen LogP contribution in [0.3, 0.4) is 0 Å². The second-order valence-electron chi connectivity index (χ2n) is 3.42. The van der Waals surface area contributed by atoms with Gasteiger partial charge in [0.15, 0.2) is 0 Å². The molecule has 6 nitrogen and oxygen atoms in total. The molecule has 0 aliphatic rings. The van der Waals surface area contributed by atoms with Crippen molar-refractivity contribution in [2.24, 2.45) is 0 Å². The molecule has 16 heavy (non-hydrogen) atoms. The number of carbonyl (C=O) groups excluding carboxylic acids is 3. The van der Waals surface area contributed by atoms with Crippen LogP contribution in [0.2, 0.25) is 0 Å². The third-order valence-corrected chi connectivity index (χ3v) is 1.94. The Morgan fingerprint density at radius 1 is 1.38 bits per heavy atom. The maximum absolute atomic E-state index is 11.4. The van der Waals surface area contributed by atoms with Gasteiger partial charge < -0.3 is 15.0 Å². The molecule has 0 rings (SSSR count). The Balaban J connectivity index is 4.05. The number of likely N-dealkylation sites (N-methyl/N-ethyl adjacent to an activating group) is 1. The number of rotatable bonds is 5. The maximum Gasteiger partial charge on any atom is 0.328 e. The molecule has 0 fully saturated rings. The summed E-state index contributed by atoms with van der Waals surface area (Å²) in [5, 5.41) is 2.44. The van der Waals surface area contributed by atoms with Gasteiger partial charge in [0.25, 0.3) is 0 Å². The molecule has 0 bridgehead atoms. The fourth-order valence-electron chi connectivity index (χ4n) is 0.940. The van der Waals surface area contributed by atoms with Crippen molar-refractivity contribution in [2.75, 3.05) is 20.2 Å². The Labute approximate surface area is 94.9 Å². The van der Waals surface area contributed by atoms with E-state index < -0.39 is 17.9 Å². The molecule has 0 aliphatic heterocycles. The van der Waals surface area contributed by atoms with Crippen molar-refractivity contribution < 1.29 is 19.1 Å². The molecule has 0 radical (unpaired) electrons. The van der Waals surface area contributed by atoms with E-state index in [1.54, 1.807) is 6.92 Å². The molecule has 92 valence electrons. The van der Waals surface area contributed by atoms with Crippen molar-refractivity contribution in [3.63, 3.8) is 0 Å². The van der Waals surface area contributed by atoms with Crippen molar-refractivity contribution >= 4 is 17.8 Å². The third kappa shape index (κ3) is 5.33. The van der Waals surface area contributed by atoms with Crippen LogP contribution >= 0.6 is 0 Å². The Bertz CT molecular complexity index is 278. The number of esters is 1. The van der Waals surface area contributed by atoms with E-state index in [4.69, 9.17) is 4.74 Å². The first-order chi connectivity index (χ1) is 7.38. The molecule has 0 aromatic heterocycles. The zero-order valence-electron chi connectivity index (χ0n) is 10.1. The van der Waals surface area contributed by atoms with Gasteiger partial charge in [0, 0.05) is 14.0 Å². The average Bonchev–Trinajstić information content (AvgIpc) is 2.17. The molecule has 6 heteroatoms. The second kappa shape index (κ2) is 6.81. The van der Waals surface area contributed by atoms with Crippen LogP contribution in [-0.2, 0) is 19.1 Å². The van der Waals surface area contributed by atoms with E-state index in [0.717, 1.165) is 0 Å². The second-order valence-corrected chi connectivity index (χ2v) is 3.42. The zero-order chi connectivity index (χ0) is 12.7. The summed E-state index contributed by atoms with van der Waals surface area (Å²) < 4.78 is 4.72. The highest BCUT2D eigenvalue weighted by atomic mass is 16.5. The standard InChI is InChI=1S/C10H18N2O4/c1-5-16-10(15)7(2)11-9(14)6-12(4)8(3)13/h7H,5-6H2,1-4H3,(H,11,14)/t7-/m1/s1. The predicted molar refractivity (Wildman–Crippen MR) is 57.5 cm³/mol. The van der Waals surface area contributed by atoms with Gasteiger partial charge >= 0.3 is 5.97 Å². The number of amides is 2. The number of carbonyl (C=O) groups is 3. The first-order valence-corrected chi connectivity index (χ1v) is 5.06. The Morgan fingerprint density at radius 3 is 2.38 bits per heavy atom. The number of hydrogen-bond acceptors (Lipinski definition) is 4. The summed E-state index contributed by atoms with van der Waals surface area (Å²) in [6.45, 7) is 4.78. The fraction of sp³-hybridized carbons (Fsp3) is 0.700. The summed E-state index contributed by atoms with van der Waals surface area (Å²) in [7, 11) is 1.51. The SMILES string of the molecule is CCOC(=O)[C@@H](C)NC(=O)CN(C)C(C)=O. The van der Waals surface area contributed by atoms with Gasteiger partial charge in [-0.1, -0.05) is 0 Å². The minimum atomic E-state index is -0.701. The molecule has 0 spiro atoms. The number of hydrogen-bond donors (Lipinski definition) is 1. The highest BCUT2D eigenvalue weighted by Crippen LogP contribution is 1.89. The largest absolute Gasteiger partial charge is 0.464 e. The van der Waals surface area contributed by atoms with E-state index in [1.165, 1.54) is 25.8 Å². The van der Waals surface area contributed by atoms with E-state index in [0.29, 0.717) is 0 Å². The molecular weight excluding hydrogens is 212 g/mol. The number of nitrogens with zero attached hydrogens (tertiary/aromatic N) is 1. The summed E-state index contributed by atoms with van der Waals surface area (Å²) in [4.78, 5) is 34.7. The van der Waals surface area contributed by atoms with Gasteiger partial charge in [-0.05, 0) is 13.8 Å². The summed E-state index contributed by atoms with van der Waals surface area (Å²) in [6, 6.07) is -0.701. The van der Waals surface area contributed by atoms with E-state index in [1.807, 2.05) is 0 Å². The summed E-state index contributed by atoms with van der Waals surface area (Å²) in [5.41, 5.74) is 0. The summed E-state index contributed by atoms with van der Waals surface area (Å²) in [5.74, 6) is -1.08. The highest BCUT2D eigenvalue weighted by molar-refractivity contribution is 5.87. The van der Waals surface area contributed by atoms with Crippen LogP contribution in [-0.4, -0.2) is 48.9 Å². The number of ether oxygens (including phenoxy) is 1. The van der Waals surface area contributed by atoms with E-state index >= 15 is 0 Å². The number of nitrogens with one attached hydrogen (secondary N) is 1.